The number of phenols is 1. The smallest absolute Gasteiger partial charge is 0.319 e. The highest BCUT2D eigenvalue weighted by molar-refractivity contribution is 6.17. The summed E-state index contributed by atoms with van der Waals surface area (Å²) in [5, 5.41) is 15.3. The van der Waals surface area contributed by atoms with Crippen molar-refractivity contribution < 1.29 is 24.2 Å². The van der Waals surface area contributed by atoms with Crippen LogP contribution in [-0.2, 0) is 20.7 Å². The van der Waals surface area contributed by atoms with Gasteiger partial charge in [0.05, 0.1) is 13.7 Å². The lowest BCUT2D eigenvalue weighted by atomic mass is 10.0. The topological polar surface area (TPSA) is 104 Å². The highest BCUT2D eigenvalue weighted by Crippen LogP contribution is 2.27. The number of ether oxygens (including phenoxy) is 2. The Balaban J connectivity index is 0.000000245. The van der Waals surface area contributed by atoms with Gasteiger partial charge < -0.3 is 24.9 Å². The van der Waals surface area contributed by atoms with Crippen molar-refractivity contribution in [3.05, 3.63) is 72.4 Å². The number of aromatic nitrogens is 1. The van der Waals surface area contributed by atoms with Crippen LogP contribution in [0.4, 0.5) is 0 Å². The summed E-state index contributed by atoms with van der Waals surface area (Å²) in [6, 6.07) is 19.2. The molecule has 0 unspecified atom stereocenters. The molecule has 9 heteroatoms. The number of aromatic hydroxyl groups is 1. The van der Waals surface area contributed by atoms with Crippen LogP contribution in [-0.4, -0.2) is 73.6 Å². The number of hydrogen-bond donors (Lipinski definition) is 3. The number of halogens is 1. The van der Waals surface area contributed by atoms with Gasteiger partial charge >= 0.3 is 5.97 Å². The van der Waals surface area contributed by atoms with Crippen molar-refractivity contribution in [2.24, 2.45) is 0 Å². The molecule has 0 aliphatic heterocycles. The third-order valence-corrected chi connectivity index (χ3v) is 5.51. The van der Waals surface area contributed by atoms with E-state index in [1.165, 1.54) is 7.11 Å². The van der Waals surface area contributed by atoms with Crippen LogP contribution in [0.3, 0.4) is 0 Å². The number of amides is 1. The maximum atomic E-state index is 11.1. The molecule has 0 bridgehead atoms. The highest BCUT2D eigenvalue weighted by Gasteiger charge is 2.06. The summed E-state index contributed by atoms with van der Waals surface area (Å²) in [6.45, 7) is 3.97. The lowest BCUT2D eigenvalue weighted by Gasteiger charge is -2.15. The first-order chi connectivity index (χ1) is 18.4. The molecule has 0 radical (unpaired) electrons. The number of carbonyl (C=O) groups excluding carboxylic acids is 2. The van der Waals surface area contributed by atoms with Crippen LogP contribution in [0.2, 0.25) is 0 Å². The Kier molecular flexibility index (Phi) is 13.5. The summed E-state index contributed by atoms with van der Waals surface area (Å²) < 4.78 is 10.3. The van der Waals surface area contributed by atoms with Crippen LogP contribution >= 0.6 is 11.6 Å². The number of esters is 1. The highest BCUT2D eigenvalue weighted by atomic mass is 35.5. The molecule has 3 N–H and O–H groups in total. The van der Waals surface area contributed by atoms with Gasteiger partial charge in [-0.3, -0.25) is 14.5 Å². The molecule has 3 aromatic carbocycles. The summed E-state index contributed by atoms with van der Waals surface area (Å²) >= 11 is 5.00. The molecular formula is C29H36ClN3O5. The number of benzene rings is 3. The molecule has 204 valence electrons. The number of aromatic amines is 1. The standard InChI is InChI=1S/C14H18N2O3.C13H13NO2.C2H5Cl/c1-16(10-14(17)18-2)7-8-19-12-3-4-13-11(9-12)5-6-15-13;15-9-14-8-7-10-5-6-13(16)12-4-2-1-3-11(10)12;1-2-3/h3-6,9,15H,7-8,10H2,1-2H3;1-6,9,16H,7-8H2,(H,14,15);2H2,1H3. The molecule has 1 amide bonds. The molecule has 0 aliphatic rings. The Labute approximate surface area is 228 Å². The van der Waals surface area contributed by atoms with Gasteiger partial charge in [0.1, 0.15) is 18.1 Å². The molecule has 4 rings (SSSR count). The third kappa shape index (κ3) is 9.95. The monoisotopic (exact) mass is 541 g/mol. The molecule has 0 saturated heterocycles. The van der Waals surface area contributed by atoms with Crippen molar-refractivity contribution in [1.82, 2.24) is 15.2 Å². The minimum Gasteiger partial charge on any atom is -0.507 e. The summed E-state index contributed by atoms with van der Waals surface area (Å²) in [5.74, 6) is 1.61. The molecular weight excluding hydrogens is 506 g/mol. The predicted octanol–water partition coefficient (Wildman–Crippen LogP) is 4.73. The van der Waals surface area contributed by atoms with Crippen LogP contribution in [0.15, 0.2) is 66.9 Å². The second-order valence-electron chi connectivity index (χ2n) is 8.27. The van der Waals surface area contributed by atoms with Crippen molar-refractivity contribution >= 4 is 45.7 Å². The van der Waals surface area contributed by atoms with Crippen molar-refractivity contribution in [1.29, 1.82) is 0 Å². The molecule has 1 aromatic heterocycles. The lowest BCUT2D eigenvalue weighted by Crippen LogP contribution is -2.30. The van der Waals surface area contributed by atoms with E-state index in [-0.39, 0.29) is 12.5 Å². The van der Waals surface area contributed by atoms with Gasteiger partial charge in [-0.2, -0.15) is 0 Å². The maximum absolute atomic E-state index is 11.1. The summed E-state index contributed by atoms with van der Waals surface area (Å²) in [6.07, 6.45) is 3.36. The van der Waals surface area contributed by atoms with Gasteiger partial charge in [-0.1, -0.05) is 37.3 Å². The quantitative estimate of drug-likeness (QED) is 0.116. The number of phenolic OH excluding ortho intramolecular Hbond substituents is 1. The van der Waals surface area contributed by atoms with Crippen LogP contribution in [0.25, 0.3) is 21.7 Å². The fourth-order valence-electron chi connectivity index (χ4n) is 3.63. The summed E-state index contributed by atoms with van der Waals surface area (Å²) in [5.41, 5.74) is 2.22. The first kappa shape index (κ1) is 30.5. The number of nitrogens with zero attached hydrogens (tertiary/aromatic N) is 1. The van der Waals surface area contributed by atoms with Crippen molar-refractivity contribution in [3.63, 3.8) is 0 Å². The number of fused-ring (bicyclic) bond motifs is 2. The van der Waals surface area contributed by atoms with E-state index in [1.54, 1.807) is 6.07 Å². The number of nitrogens with one attached hydrogen (secondary N) is 2. The van der Waals surface area contributed by atoms with Gasteiger partial charge in [-0.15, -0.1) is 11.6 Å². The Morgan fingerprint density at radius 3 is 2.58 bits per heavy atom. The number of methoxy groups -OCH3 is 1. The molecule has 1 heterocycles. The molecule has 8 nitrogen and oxygen atoms in total. The van der Waals surface area contributed by atoms with E-state index in [0.29, 0.717) is 31.9 Å². The first-order valence-electron chi connectivity index (χ1n) is 12.3. The third-order valence-electron chi connectivity index (χ3n) is 5.51. The lowest BCUT2D eigenvalue weighted by molar-refractivity contribution is -0.141. The zero-order valence-corrected chi connectivity index (χ0v) is 22.8. The molecule has 0 saturated carbocycles. The van der Waals surface area contributed by atoms with Gasteiger partial charge in [0.2, 0.25) is 6.41 Å². The van der Waals surface area contributed by atoms with Crippen LogP contribution in [0, 0.1) is 0 Å². The van der Waals surface area contributed by atoms with Crippen LogP contribution in [0.1, 0.15) is 12.5 Å². The van der Waals surface area contributed by atoms with Crippen molar-refractivity contribution in [2.75, 3.05) is 46.3 Å². The van der Waals surface area contributed by atoms with Gasteiger partial charge in [0.15, 0.2) is 0 Å². The Hall–Kier alpha value is -3.75. The van der Waals surface area contributed by atoms with E-state index in [4.69, 9.17) is 16.3 Å². The zero-order valence-electron chi connectivity index (χ0n) is 22.1. The summed E-state index contributed by atoms with van der Waals surface area (Å²) in [4.78, 5) is 26.2. The molecule has 0 atom stereocenters. The second kappa shape index (κ2) is 16.9. The van der Waals surface area contributed by atoms with E-state index in [0.717, 1.165) is 45.3 Å². The van der Waals surface area contributed by atoms with E-state index in [2.05, 4.69) is 15.0 Å². The molecule has 4 aromatic rings. The minimum absolute atomic E-state index is 0.240. The number of carbonyl (C=O) groups is 2. The van der Waals surface area contributed by atoms with E-state index < -0.39 is 0 Å². The van der Waals surface area contributed by atoms with E-state index in [9.17, 15) is 14.7 Å². The van der Waals surface area contributed by atoms with E-state index >= 15 is 0 Å². The number of H-pyrrole nitrogens is 1. The Bertz CT molecular complexity index is 1280. The summed E-state index contributed by atoms with van der Waals surface area (Å²) in [7, 11) is 3.24. The normalized spacial score (nSPS) is 10.2. The number of rotatable bonds is 10. The zero-order chi connectivity index (χ0) is 27.8. The molecule has 0 aliphatic carbocycles. The van der Waals surface area contributed by atoms with E-state index in [1.807, 2.05) is 79.7 Å². The Morgan fingerprint density at radius 1 is 1.13 bits per heavy atom. The molecule has 0 spiro atoms. The van der Waals surface area contributed by atoms with Crippen LogP contribution in [0.5, 0.6) is 11.5 Å². The van der Waals surface area contributed by atoms with Crippen molar-refractivity contribution in [2.45, 2.75) is 13.3 Å². The fourth-order valence-corrected chi connectivity index (χ4v) is 3.63. The first-order valence-corrected chi connectivity index (χ1v) is 12.8. The predicted molar refractivity (Wildman–Crippen MR) is 153 cm³/mol. The van der Waals surface area contributed by atoms with Gasteiger partial charge in [-0.05, 0) is 54.8 Å². The second-order valence-corrected chi connectivity index (χ2v) is 8.80. The minimum atomic E-state index is -0.240. The molecule has 38 heavy (non-hydrogen) atoms. The maximum Gasteiger partial charge on any atom is 0.319 e. The fraction of sp³-hybridized carbons (Fsp3) is 0.310. The van der Waals surface area contributed by atoms with Gasteiger partial charge in [0.25, 0.3) is 0 Å². The van der Waals surface area contributed by atoms with Crippen molar-refractivity contribution in [3.8, 4) is 11.5 Å². The molecule has 0 fully saturated rings. The Morgan fingerprint density at radius 2 is 1.87 bits per heavy atom. The number of hydrogen-bond acceptors (Lipinski definition) is 6. The van der Waals surface area contributed by atoms with Gasteiger partial charge in [0, 0.05) is 41.5 Å². The van der Waals surface area contributed by atoms with Gasteiger partial charge in [-0.25, -0.2) is 0 Å². The SMILES string of the molecule is CCCl.COC(=O)CN(C)CCOc1ccc2[nH]ccc2c1.O=CNCCc1ccc(O)c2ccccc12. The average molecular weight is 542 g/mol. The number of likely N-dealkylation sites (N-methyl/N-ethyl adjacent to an activating group) is 1. The van der Waals surface area contributed by atoms with Crippen LogP contribution < -0.4 is 10.1 Å². The number of alkyl halides is 1. The average Bonchev–Trinajstić information content (AvgIpc) is 3.39. The largest absolute Gasteiger partial charge is 0.507 e.